The Morgan fingerprint density at radius 3 is 2.21 bits per heavy atom. The molecule has 0 atom stereocenters. The van der Waals surface area contributed by atoms with Gasteiger partial charge in [0.1, 0.15) is 11.6 Å². The third kappa shape index (κ3) is 3.78. The number of aliphatic hydroxyl groups is 1. The van der Waals surface area contributed by atoms with Gasteiger partial charge in [-0.2, -0.15) is 0 Å². The fourth-order valence-electron chi connectivity index (χ4n) is 4.42. The van der Waals surface area contributed by atoms with Gasteiger partial charge < -0.3 is 5.11 Å². The van der Waals surface area contributed by atoms with Crippen molar-refractivity contribution in [1.82, 2.24) is 4.98 Å². The van der Waals surface area contributed by atoms with Crippen molar-refractivity contribution >= 4 is 27.0 Å². The Morgan fingerprint density at radius 2 is 1.69 bits per heavy atom. The Labute approximate surface area is 173 Å². The first kappa shape index (κ1) is 20.6. The van der Waals surface area contributed by atoms with Gasteiger partial charge >= 0.3 is 0 Å². The molecule has 0 saturated heterocycles. The summed E-state index contributed by atoms with van der Waals surface area (Å²) in [5.74, 6) is -1.14. The number of Topliss-reactive ketones (excluding diaryl/α,β-unsaturated/α-hetero) is 1. The summed E-state index contributed by atoms with van der Waals surface area (Å²) in [6, 6.07) is 0. The molecule has 8 heteroatoms. The molecule has 0 spiro atoms. The molecule has 156 valence electrons. The number of sulfone groups is 1. The Balaban J connectivity index is 1.59. The molecule has 0 bridgehead atoms. The van der Waals surface area contributed by atoms with E-state index in [0.717, 1.165) is 64.8 Å². The van der Waals surface area contributed by atoms with Crippen LogP contribution >= 0.6 is 11.3 Å². The third-order valence-electron chi connectivity index (χ3n) is 5.77. The van der Waals surface area contributed by atoms with Crippen LogP contribution in [0.5, 0.6) is 0 Å². The largest absolute Gasteiger partial charge is 0.385 e. The summed E-state index contributed by atoms with van der Waals surface area (Å²) in [5, 5.41) is 10.0. The highest BCUT2D eigenvalue weighted by Crippen LogP contribution is 2.38. The van der Waals surface area contributed by atoms with Crippen LogP contribution in [0.15, 0.2) is 10.5 Å². The summed E-state index contributed by atoms with van der Waals surface area (Å²) >= 11 is 0.886. The topological polar surface area (TPSA) is 84.3 Å². The normalized spacial score (nSPS) is 16.1. The highest BCUT2D eigenvalue weighted by molar-refractivity contribution is 7.94. The van der Waals surface area contributed by atoms with Gasteiger partial charge in [0.05, 0.1) is 10.5 Å². The summed E-state index contributed by atoms with van der Waals surface area (Å²) in [5.41, 5.74) is 2.98. The first-order valence-corrected chi connectivity index (χ1v) is 12.3. The van der Waals surface area contributed by atoms with Gasteiger partial charge in [0, 0.05) is 12.6 Å². The smallest absolute Gasteiger partial charge is 0.212 e. The molecule has 4 rings (SSSR count). The molecular weight excluding hydrogens is 413 g/mol. The first-order valence-electron chi connectivity index (χ1n) is 9.85. The minimum absolute atomic E-state index is 0.0217. The number of carbonyl (C=O) groups is 1. The number of aromatic nitrogens is 1. The Morgan fingerprint density at radius 1 is 1.14 bits per heavy atom. The monoisotopic (exact) mass is 437 g/mol. The molecular formula is C21H24FNO4S2. The molecule has 0 amide bonds. The van der Waals surface area contributed by atoms with E-state index < -0.39 is 27.0 Å². The van der Waals surface area contributed by atoms with E-state index in [-0.39, 0.29) is 16.6 Å². The molecule has 2 aliphatic carbocycles. The average Bonchev–Trinajstić information content (AvgIpc) is 3.37. The molecule has 0 aliphatic heterocycles. The number of ketones is 1. The van der Waals surface area contributed by atoms with Gasteiger partial charge in [0.15, 0.2) is 5.78 Å². The number of halogens is 1. The fourth-order valence-corrected chi connectivity index (χ4v) is 6.89. The highest BCUT2D eigenvalue weighted by Gasteiger charge is 2.31. The minimum Gasteiger partial charge on any atom is -0.385 e. The Bertz CT molecular complexity index is 1060. The fraction of sp³-hybridized carbons (Fsp3) is 0.524. The van der Waals surface area contributed by atoms with Gasteiger partial charge in [0.25, 0.3) is 0 Å². The molecule has 0 saturated carbocycles. The zero-order valence-corrected chi connectivity index (χ0v) is 18.2. The Hall–Kier alpha value is -1.64. The standard InChI is InChI=1S/C21H24FNO4S2/c1-21(2,25)18-10-23-20(28-18)29(26,27)11-12(24)9-17-13-5-3-7-15(13)19(22)16-8-4-6-14(16)17/h10,25H,3-9,11H2,1-2H3. The van der Waals surface area contributed by atoms with Crippen LogP contribution in [0.3, 0.4) is 0 Å². The molecule has 5 nitrogen and oxygen atoms in total. The number of rotatable bonds is 6. The Kier molecular flexibility index (Phi) is 5.16. The van der Waals surface area contributed by atoms with Gasteiger partial charge in [0.2, 0.25) is 14.2 Å². The van der Waals surface area contributed by atoms with Crippen LogP contribution in [0, 0.1) is 5.82 Å². The lowest BCUT2D eigenvalue weighted by molar-refractivity contribution is -0.116. The zero-order valence-electron chi connectivity index (χ0n) is 16.5. The van der Waals surface area contributed by atoms with Crippen molar-refractivity contribution in [2.24, 2.45) is 0 Å². The van der Waals surface area contributed by atoms with Crippen molar-refractivity contribution in [2.45, 2.75) is 68.7 Å². The molecule has 0 radical (unpaired) electrons. The van der Waals surface area contributed by atoms with Crippen molar-refractivity contribution in [1.29, 1.82) is 0 Å². The maximum Gasteiger partial charge on any atom is 0.212 e. The quantitative estimate of drug-likeness (QED) is 0.751. The summed E-state index contributed by atoms with van der Waals surface area (Å²) in [6.45, 7) is 3.11. The number of thiazole rings is 1. The van der Waals surface area contributed by atoms with E-state index >= 15 is 0 Å². The van der Waals surface area contributed by atoms with Gasteiger partial charge in [-0.05, 0) is 80.2 Å². The molecule has 2 aliphatic rings. The van der Waals surface area contributed by atoms with E-state index in [1.54, 1.807) is 13.8 Å². The highest BCUT2D eigenvalue weighted by atomic mass is 32.2. The summed E-state index contributed by atoms with van der Waals surface area (Å²) < 4.78 is 40.0. The van der Waals surface area contributed by atoms with Gasteiger partial charge in [-0.25, -0.2) is 17.8 Å². The van der Waals surface area contributed by atoms with Crippen LogP contribution in [0.2, 0.25) is 0 Å². The van der Waals surface area contributed by atoms with Crippen molar-refractivity contribution in [3.8, 4) is 0 Å². The maximum atomic E-state index is 14.8. The van der Waals surface area contributed by atoms with Gasteiger partial charge in [-0.1, -0.05) is 0 Å². The van der Waals surface area contributed by atoms with Crippen molar-refractivity contribution in [3.63, 3.8) is 0 Å². The predicted molar refractivity (Wildman–Crippen MR) is 109 cm³/mol. The third-order valence-corrected chi connectivity index (χ3v) is 9.23. The van der Waals surface area contributed by atoms with Crippen molar-refractivity contribution in [3.05, 3.63) is 44.7 Å². The second-order valence-corrected chi connectivity index (χ2v) is 11.6. The lowest BCUT2D eigenvalue weighted by Gasteiger charge is -2.16. The number of fused-ring (bicyclic) bond motifs is 2. The first-order chi connectivity index (χ1) is 13.6. The summed E-state index contributed by atoms with van der Waals surface area (Å²) in [7, 11) is -3.88. The van der Waals surface area contributed by atoms with Crippen LogP contribution in [-0.2, 0) is 52.3 Å². The predicted octanol–water partition coefficient (Wildman–Crippen LogP) is 3.07. The number of benzene rings is 1. The number of hydrogen-bond donors (Lipinski definition) is 1. The van der Waals surface area contributed by atoms with Crippen LogP contribution in [-0.4, -0.2) is 30.0 Å². The number of nitrogens with zero attached hydrogens (tertiary/aromatic N) is 1. The summed E-state index contributed by atoms with van der Waals surface area (Å²) in [6.07, 6.45) is 5.96. The van der Waals surface area contributed by atoms with E-state index in [1.807, 2.05) is 0 Å². The molecule has 1 N–H and O–H groups in total. The van der Waals surface area contributed by atoms with E-state index in [1.165, 1.54) is 6.20 Å². The van der Waals surface area contributed by atoms with E-state index in [4.69, 9.17) is 0 Å². The van der Waals surface area contributed by atoms with E-state index in [0.29, 0.717) is 17.7 Å². The molecule has 1 aromatic heterocycles. The van der Waals surface area contributed by atoms with Gasteiger partial charge in [-0.15, -0.1) is 11.3 Å². The summed E-state index contributed by atoms with van der Waals surface area (Å²) in [4.78, 5) is 17.1. The van der Waals surface area contributed by atoms with Crippen LogP contribution in [0.25, 0.3) is 0 Å². The molecule has 0 unspecified atom stereocenters. The van der Waals surface area contributed by atoms with E-state index in [9.17, 15) is 22.7 Å². The lowest BCUT2D eigenvalue weighted by atomic mass is 9.90. The molecule has 1 aromatic carbocycles. The van der Waals surface area contributed by atoms with Crippen molar-refractivity contribution < 1.29 is 22.7 Å². The van der Waals surface area contributed by atoms with Crippen LogP contribution < -0.4 is 0 Å². The van der Waals surface area contributed by atoms with Crippen LogP contribution in [0.1, 0.15) is 59.4 Å². The zero-order chi connectivity index (χ0) is 21.0. The van der Waals surface area contributed by atoms with E-state index in [2.05, 4.69) is 4.98 Å². The minimum atomic E-state index is -3.88. The van der Waals surface area contributed by atoms with Crippen LogP contribution in [0.4, 0.5) is 4.39 Å². The molecule has 29 heavy (non-hydrogen) atoms. The van der Waals surface area contributed by atoms with Gasteiger partial charge in [-0.3, -0.25) is 4.79 Å². The SMILES string of the molecule is CC(C)(O)c1cnc(S(=O)(=O)CC(=O)Cc2c3c(c(F)c4c2CCC4)CCC3)s1. The average molecular weight is 438 g/mol. The van der Waals surface area contributed by atoms with Crippen molar-refractivity contribution in [2.75, 3.05) is 5.75 Å². The molecule has 2 aromatic rings. The number of carbonyl (C=O) groups excluding carboxylic acids is 1. The second-order valence-electron chi connectivity index (χ2n) is 8.44. The maximum absolute atomic E-state index is 14.8. The molecule has 1 heterocycles. The lowest BCUT2D eigenvalue weighted by Crippen LogP contribution is -2.20. The molecule has 0 fully saturated rings. The number of hydrogen-bond acceptors (Lipinski definition) is 6. The second kappa shape index (κ2) is 7.25.